The molecule has 0 aliphatic carbocycles. The van der Waals surface area contributed by atoms with Crippen LogP contribution >= 0.6 is 0 Å². The van der Waals surface area contributed by atoms with Gasteiger partial charge in [-0.05, 0) is 50.3 Å². The third-order valence-corrected chi connectivity index (χ3v) is 4.57. The Morgan fingerprint density at radius 1 is 1.26 bits per heavy atom. The molecule has 1 heterocycles. The minimum Gasteiger partial charge on any atom is -0.497 e. The van der Waals surface area contributed by atoms with Crippen LogP contribution < -0.4 is 4.74 Å². The largest absolute Gasteiger partial charge is 0.497 e. The lowest BCUT2D eigenvalue weighted by Crippen LogP contribution is -2.47. The van der Waals surface area contributed by atoms with E-state index in [4.69, 9.17) is 9.84 Å². The van der Waals surface area contributed by atoms with Crippen molar-refractivity contribution in [3.8, 4) is 5.75 Å². The van der Waals surface area contributed by atoms with Crippen LogP contribution in [0.4, 0.5) is 0 Å². The minimum atomic E-state index is -0.798. The molecule has 5 heteroatoms. The lowest BCUT2D eigenvalue weighted by molar-refractivity contribution is -0.147. The number of benzene rings is 1. The molecule has 126 valence electrons. The summed E-state index contributed by atoms with van der Waals surface area (Å²) >= 11 is 0. The second kappa shape index (κ2) is 7.99. The molecule has 0 aromatic heterocycles. The molecule has 1 aliphatic heterocycles. The topological polar surface area (TPSA) is 66.8 Å². The normalized spacial score (nSPS) is 21.0. The molecule has 2 unspecified atom stereocenters. The van der Waals surface area contributed by atoms with Crippen LogP contribution in [0.3, 0.4) is 0 Å². The van der Waals surface area contributed by atoms with Gasteiger partial charge in [-0.2, -0.15) is 0 Å². The number of aryl methyl sites for hydroxylation is 1. The maximum Gasteiger partial charge on any atom is 0.308 e. The zero-order valence-electron chi connectivity index (χ0n) is 13.8. The fourth-order valence-corrected chi connectivity index (χ4v) is 3.04. The average Bonchev–Trinajstić information content (AvgIpc) is 2.55. The maximum absolute atomic E-state index is 12.4. The summed E-state index contributed by atoms with van der Waals surface area (Å²) in [6.07, 6.45) is 3.49. The summed E-state index contributed by atoms with van der Waals surface area (Å²) in [5.41, 5.74) is 1.17. The number of carboxylic acids is 1. The lowest BCUT2D eigenvalue weighted by atomic mass is 9.93. The summed E-state index contributed by atoms with van der Waals surface area (Å²) in [6, 6.07) is 7.99. The Morgan fingerprint density at radius 3 is 2.57 bits per heavy atom. The van der Waals surface area contributed by atoms with E-state index in [0.717, 1.165) is 25.0 Å². The number of carbonyl (C=O) groups is 2. The smallest absolute Gasteiger partial charge is 0.308 e. The van der Waals surface area contributed by atoms with E-state index in [2.05, 4.69) is 0 Å². The van der Waals surface area contributed by atoms with Crippen LogP contribution in [0.25, 0.3) is 0 Å². The van der Waals surface area contributed by atoms with E-state index < -0.39 is 11.9 Å². The van der Waals surface area contributed by atoms with E-state index in [1.807, 2.05) is 31.2 Å². The predicted molar refractivity (Wildman–Crippen MR) is 87.5 cm³/mol. The Hall–Kier alpha value is -2.04. The van der Waals surface area contributed by atoms with Crippen LogP contribution in [-0.2, 0) is 16.0 Å². The highest BCUT2D eigenvalue weighted by Crippen LogP contribution is 2.23. The van der Waals surface area contributed by atoms with Crippen LogP contribution in [-0.4, -0.2) is 41.6 Å². The molecule has 1 saturated heterocycles. The molecular weight excluding hydrogens is 294 g/mol. The van der Waals surface area contributed by atoms with Crippen molar-refractivity contribution in [2.75, 3.05) is 13.7 Å². The van der Waals surface area contributed by atoms with Gasteiger partial charge in [-0.15, -0.1) is 0 Å². The van der Waals surface area contributed by atoms with Gasteiger partial charge in [-0.25, -0.2) is 0 Å². The number of hydrogen-bond acceptors (Lipinski definition) is 3. The van der Waals surface area contributed by atoms with E-state index in [0.29, 0.717) is 19.4 Å². The first kappa shape index (κ1) is 17.3. The quantitative estimate of drug-likeness (QED) is 0.875. The van der Waals surface area contributed by atoms with Crippen LogP contribution in [0.1, 0.15) is 38.2 Å². The van der Waals surface area contributed by atoms with Crippen molar-refractivity contribution >= 4 is 11.9 Å². The van der Waals surface area contributed by atoms with Gasteiger partial charge in [0.15, 0.2) is 0 Å². The van der Waals surface area contributed by atoms with Crippen molar-refractivity contribution in [3.63, 3.8) is 0 Å². The number of carbonyl (C=O) groups excluding carboxylic acids is 1. The maximum atomic E-state index is 12.4. The number of piperidine rings is 1. The average molecular weight is 319 g/mol. The number of carboxylic acid groups (broad SMARTS) is 1. The van der Waals surface area contributed by atoms with Crippen LogP contribution in [0.5, 0.6) is 5.75 Å². The van der Waals surface area contributed by atoms with Crippen molar-refractivity contribution in [2.45, 2.75) is 45.1 Å². The van der Waals surface area contributed by atoms with Gasteiger partial charge in [0.25, 0.3) is 0 Å². The second-order valence-electron chi connectivity index (χ2n) is 6.21. The van der Waals surface area contributed by atoms with Gasteiger partial charge >= 0.3 is 5.97 Å². The van der Waals surface area contributed by atoms with Crippen LogP contribution in [0.2, 0.25) is 0 Å². The molecule has 2 rings (SSSR count). The Balaban J connectivity index is 1.82. The number of amides is 1. The molecule has 1 fully saturated rings. The fraction of sp³-hybridized carbons (Fsp3) is 0.556. The van der Waals surface area contributed by atoms with E-state index in [-0.39, 0.29) is 11.9 Å². The lowest BCUT2D eigenvalue weighted by Gasteiger charge is -2.36. The van der Waals surface area contributed by atoms with E-state index in [1.165, 1.54) is 5.56 Å². The Labute approximate surface area is 137 Å². The summed E-state index contributed by atoms with van der Waals surface area (Å²) in [6.45, 7) is 2.34. The summed E-state index contributed by atoms with van der Waals surface area (Å²) in [5.74, 6) is -0.326. The van der Waals surface area contributed by atoms with Crippen molar-refractivity contribution < 1.29 is 19.4 Å². The van der Waals surface area contributed by atoms with Crippen LogP contribution in [0, 0.1) is 5.92 Å². The highest BCUT2D eigenvalue weighted by molar-refractivity contribution is 5.78. The highest BCUT2D eigenvalue weighted by Gasteiger charge is 2.32. The molecule has 1 aromatic rings. The van der Waals surface area contributed by atoms with E-state index in [9.17, 15) is 9.59 Å². The number of methoxy groups -OCH3 is 1. The molecule has 0 bridgehead atoms. The third kappa shape index (κ3) is 4.71. The molecule has 1 amide bonds. The third-order valence-electron chi connectivity index (χ3n) is 4.57. The molecule has 0 radical (unpaired) electrons. The zero-order chi connectivity index (χ0) is 16.8. The highest BCUT2D eigenvalue weighted by atomic mass is 16.5. The van der Waals surface area contributed by atoms with Gasteiger partial charge in [0.1, 0.15) is 5.75 Å². The number of likely N-dealkylation sites (tertiary alicyclic amines) is 1. The summed E-state index contributed by atoms with van der Waals surface area (Å²) in [5, 5.41) is 9.14. The molecule has 5 nitrogen and oxygen atoms in total. The monoisotopic (exact) mass is 319 g/mol. The number of nitrogens with zero attached hydrogens (tertiary/aromatic N) is 1. The molecule has 1 aliphatic rings. The van der Waals surface area contributed by atoms with Gasteiger partial charge in [0.2, 0.25) is 5.91 Å². The molecule has 1 N–H and O–H groups in total. The standard InChI is InChI=1S/C18H25NO4/c1-13-6-9-15(18(21)22)12-19(13)17(20)5-3-4-14-7-10-16(23-2)11-8-14/h7-8,10-11,13,15H,3-6,9,12H2,1-2H3,(H,21,22). The molecule has 23 heavy (non-hydrogen) atoms. The van der Waals surface area contributed by atoms with Crippen molar-refractivity contribution in [1.29, 1.82) is 0 Å². The first-order valence-corrected chi connectivity index (χ1v) is 8.16. The predicted octanol–water partition coefficient (Wildman–Crippen LogP) is 2.73. The first-order valence-electron chi connectivity index (χ1n) is 8.16. The molecule has 1 aromatic carbocycles. The second-order valence-corrected chi connectivity index (χ2v) is 6.21. The van der Waals surface area contributed by atoms with Crippen molar-refractivity contribution in [1.82, 2.24) is 4.90 Å². The van der Waals surface area contributed by atoms with E-state index in [1.54, 1.807) is 12.0 Å². The SMILES string of the molecule is COc1ccc(CCCC(=O)N2CC(C(=O)O)CCC2C)cc1. The summed E-state index contributed by atoms with van der Waals surface area (Å²) in [4.78, 5) is 25.3. The summed E-state index contributed by atoms with van der Waals surface area (Å²) < 4.78 is 5.12. The van der Waals surface area contributed by atoms with Crippen LogP contribution in [0.15, 0.2) is 24.3 Å². The van der Waals surface area contributed by atoms with Gasteiger partial charge in [0, 0.05) is 19.0 Å². The molecule has 0 saturated carbocycles. The molecule has 0 spiro atoms. The Morgan fingerprint density at radius 2 is 1.96 bits per heavy atom. The number of aliphatic carboxylic acids is 1. The minimum absolute atomic E-state index is 0.0666. The number of rotatable bonds is 6. The van der Waals surface area contributed by atoms with Gasteiger partial charge in [0.05, 0.1) is 13.0 Å². The zero-order valence-corrected chi connectivity index (χ0v) is 13.8. The van der Waals surface area contributed by atoms with Gasteiger partial charge in [-0.3, -0.25) is 9.59 Å². The van der Waals surface area contributed by atoms with E-state index >= 15 is 0 Å². The van der Waals surface area contributed by atoms with Crippen molar-refractivity contribution in [3.05, 3.63) is 29.8 Å². The van der Waals surface area contributed by atoms with Gasteiger partial charge in [-0.1, -0.05) is 12.1 Å². The fourth-order valence-electron chi connectivity index (χ4n) is 3.04. The molecule has 2 atom stereocenters. The molecular formula is C18H25NO4. The van der Waals surface area contributed by atoms with Crippen molar-refractivity contribution in [2.24, 2.45) is 5.92 Å². The Kier molecular flexibility index (Phi) is 6.02. The Bertz CT molecular complexity index is 540. The first-order chi connectivity index (χ1) is 11.0. The van der Waals surface area contributed by atoms with Gasteiger partial charge < -0.3 is 14.7 Å². The summed E-state index contributed by atoms with van der Waals surface area (Å²) in [7, 11) is 1.64. The number of ether oxygens (including phenoxy) is 1. The number of hydrogen-bond donors (Lipinski definition) is 1.